The lowest BCUT2D eigenvalue weighted by atomic mass is 9.79. The molecule has 3 rings (SSSR count). The van der Waals surface area contributed by atoms with Crippen LogP contribution in [0.5, 0.6) is 5.75 Å². The van der Waals surface area contributed by atoms with Gasteiger partial charge in [-0.3, -0.25) is 4.79 Å². The zero-order chi connectivity index (χ0) is 31.1. The van der Waals surface area contributed by atoms with Crippen LogP contribution >= 0.6 is 11.8 Å². The van der Waals surface area contributed by atoms with Gasteiger partial charge in [0.05, 0.1) is 33.6 Å². The molecule has 0 fully saturated rings. The molecule has 0 unspecified atom stereocenters. The molecule has 1 amide bonds. The molecule has 1 aliphatic rings. The van der Waals surface area contributed by atoms with Crippen molar-refractivity contribution >= 4 is 50.5 Å². The number of amides is 1. The fourth-order valence-corrected chi connectivity index (χ4v) is 7.81. The highest BCUT2D eigenvalue weighted by Gasteiger charge is 2.42. The molecule has 2 N–H and O–H groups in total. The summed E-state index contributed by atoms with van der Waals surface area (Å²) in [6, 6.07) is 10.9. The highest BCUT2D eigenvalue weighted by atomic mass is 32.2. The van der Waals surface area contributed by atoms with Gasteiger partial charge in [-0.2, -0.15) is 0 Å². The molecular weight excluding hydrogens is 572 g/mol. The molecule has 2 aromatic rings. The van der Waals surface area contributed by atoms with E-state index < -0.39 is 26.6 Å². The Morgan fingerprint density at radius 3 is 2.24 bits per heavy atom. The van der Waals surface area contributed by atoms with Crippen molar-refractivity contribution in [3.63, 3.8) is 0 Å². The molecule has 0 atom stereocenters. The number of sulfone groups is 1. The maximum absolute atomic E-state index is 14.2. The summed E-state index contributed by atoms with van der Waals surface area (Å²) in [6.45, 7) is 10.3. The van der Waals surface area contributed by atoms with Crippen LogP contribution in [0.4, 0.5) is 17.1 Å². The van der Waals surface area contributed by atoms with Crippen LogP contribution in [0.15, 0.2) is 58.5 Å². The number of anilines is 3. The normalized spacial score (nSPS) is 16.1. The van der Waals surface area contributed by atoms with Crippen LogP contribution in [-0.4, -0.2) is 44.0 Å². The number of ether oxygens (including phenoxy) is 1. The number of thioether (sulfide) groups is 1. The Balaban J connectivity index is 2.20. The first-order chi connectivity index (χ1) is 19.7. The van der Waals surface area contributed by atoms with Crippen molar-refractivity contribution < 1.29 is 27.9 Å². The molecule has 0 spiro atoms. The molecule has 42 heavy (non-hydrogen) atoms. The number of hydrogen-bond acceptors (Lipinski definition) is 7. The van der Waals surface area contributed by atoms with Crippen LogP contribution in [-0.2, 0) is 19.4 Å². The largest absolute Gasteiger partial charge is 0.478 e. The van der Waals surface area contributed by atoms with E-state index in [0.717, 1.165) is 56.6 Å². The lowest BCUT2D eigenvalue weighted by Crippen LogP contribution is -2.38. The van der Waals surface area contributed by atoms with Crippen molar-refractivity contribution in [2.45, 2.75) is 82.9 Å². The second kappa shape index (κ2) is 14.0. The third kappa shape index (κ3) is 8.31. The maximum Gasteiger partial charge on any atom is 0.331 e. The highest BCUT2D eigenvalue weighted by molar-refractivity contribution is 7.98. The van der Waals surface area contributed by atoms with E-state index in [1.165, 1.54) is 17.8 Å². The number of carbonyl (C=O) groups excluding carboxylic acids is 1. The van der Waals surface area contributed by atoms with Crippen molar-refractivity contribution in [2.75, 3.05) is 28.8 Å². The third-order valence-corrected chi connectivity index (χ3v) is 10.3. The van der Waals surface area contributed by atoms with Crippen LogP contribution in [0.2, 0.25) is 0 Å². The second-order valence-corrected chi connectivity index (χ2v) is 14.8. The van der Waals surface area contributed by atoms with E-state index in [2.05, 4.69) is 24.1 Å². The molecule has 230 valence electrons. The molecule has 0 saturated carbocycles. The number of carboxylic acids is 1. The topological polar surface area (TPSA) is 113 Å². The average molecular weight is 617 g/mol. The Hall–Kier alpha value is -2.98. The quantitative estimate of drug-likeness (QED) is 0.142. The van der Waals surface area contributed by atoms with Gasteiger partial charge in [0, 0.05) is 34.8 Å². The van der Waals surface area contributed by atoms with E-state index in [0.29, 0.717) is 22.8 Å². The fourth-order valence-electron chi connectivity index (χ4n) is 5.16. The summed E-state index contributed by atoms with van der Waals surface area (Å²) in [6.07, 6.45) is 9.14. The number of benzene rings is 2. The zero-order valence-corrected chi connectivity index (χ0v) is 27.2. The van der Waals surface area contributed by atoms with Crippen LogP contribution in [0.1, 0.15) is 73.1 Å². The highest BCUT2D eigenvalue weighted by Crippen LogP contribution is 2.48. The molecular formula is C32H44N2O6S2. The minimum Gasteiger partial charge on any atom is -0.478 e. The molecule has 0 aliphatic carbocycles. The summed E-state index contributed by atoms with van der Waals surface area (Å²) in [5.41, 5.74) is 1.06. The van der Waals surface area contributed by atoms with E-state index in [1.807, 2.05) is 57.4 Å². The Morgan fingerprint density at radius 1 is 1.10 bits per heavy atom. The van der Waals surface area contributed by atoms with Crippen LogP contribution in [0.25, 0.3) is 0 Å². The minimum absolute atomic E-state index is 0.0201. The number of carboxylic acid groups (broad SMARTS) is 1. The van der Waals surface area contributed by atoms with Crippen molar-refractivity contribution in [3.05, 3.63) is 48.7 Å². The van der Waals surface area contributed by atoms with Gasteiger partial charge in [0.25, 0.3) is 0 Å². The summed E-state index contributed by atoms with van der Waals surface area (Å²) in [5, 5.41) is 12.0. The minimum atomic E-state index is -3.75. The van der Waals surface area contributed by atoms with E-state index in [1.54, 1.807) is 0 Å². The summed E-state index contributed by atoms with van der Waals surface area (Å²) >= 11 is 1.40. The number of aliphatic carboxylic acids is 1. The van der Waals surface area contributed by atoms with Crippen molar-refractivity contribution in [3.8, 4) is 5.75 Å². The van der Waals surface area contributed by atoms with Gasteiger partial charge in [0.2, 0.25) is 5.91 Å². The number of carbonyl (C=O) groups is 2. The maximum atomic E-state index is 14.2. The zero-order valence-electron chi connectivity index (χ0n) is 25.5. The number of rotatable bonds is 12. The second-order valence-electron chi connectivity index (χ2n) is 12.0. The summed E-state index contributed by atoms with van der Waals surface area (Å²) in [7, 11) is -3.75. The van der Waals surface area contributed by atoms with Crippen molar-refractivity contribution in [2.24, 2.45) is 10.8 Å². The van der Waals surface area contributed by atoms with Gasteiger partial charge in [0.1, 0.15) is 5.75 Å². The Kier molecular flexibility index (Phi) is 11.2. The van der Waals surface area contributed by atoms with Gasteiger partial charge in [-0.15, -0.1) is 11.8 Å². The van der Waals surface area contributed by atoms with E-state index in [-0.39, 0.29) is 22.3 Å². The molecule has 0 bridgehead atoms. The Morgan fingerprint density at radius 2 is 1.71 bits per heavy atom. The Bertz CT molecular complexity index is 1390. The molecule has 0 saturated heterocycles. The summed E-state index contributed by atoms with van der Waals surface area (Å²) in [4.78, 5) is 26.5. The average Bonchev–Trinajstić information content (AvgIpc) is 3.02. The van der Waals surface area contributed by atoms with E-state index in [9.17, 15) is 18.0 Å². The Labute approximate surface area is 254 Å². The van der Waals surface area contributed by atoms with Crippen LogP contribution in [0, 0.1) is 10.8 Å². The van der Waals surface area contributed by atoms with Gasteiger partial charge < -0.3 is 20.1 Å². The molecule has 10 heteroatoms. The molecule has 1 heterocycles. The molecule has 0 aromatic heterocycles. The van der Waals surface area contributed by atoms with E-state index in [4.69, 9.17) is 9.84 Å². The first-order valence-corrected chi connectivity index (χ1v) is 17.3. The standard InChI is InChI=1S/C32H44N2O6S2/c1-7-9-16-32(17-10-8-2)21-34(24-13-11-23(12-14-24)33-30(37)31(3,4)5)25-19-27(41-6)26(40-18-15-29(35)36)20-28(25)42(38,39)22-32/h11-15,18-20H,7-10,16-17,21-22H2,1-6H3,(H,33,37)(H,35,36). The van der Waals surface area contributed by atoms with Gasteiger partial charge in [-0.25, -0.2) is 13.2 Å². The van der Waals surface area contributed by atoms with Crippen LogP contribution < -0.4 is 15.0 Å². The summed E-state index contributed by atoms with van der Waals surface area (Å²) in [5.74, 6) is -0.939. The first kappa shape index (κ1) is 33.5. The molecule has 8 nitrogen and oxygen atoms in total. The first-order valence-electron chi connectivity index (χ1n) is 14.5. The predicted molar refractivity (Wildman–Crippen MR) is 171 cm³/mol. The third-order valence-electron chi connectivity index (χ3n) is 7.51. The van der Waals surface area contributed by atoms with Crippen molar-refractivity contribution in [1.29, 1.82) is 0 Å². The SMILES string of the molecule is CCCCC1(CCCC)CN(c2ccc(NC(=O)C(C)(C)C)cc2)c2cc(SC)c(OC=CC(=O)O)cc2S(=O)(=O)C1. The van der Waals surface area contributed by atoms with Gasteiger partial charge in [-0.05, 0) is 49.4 Å². The number of nitrogens with one attached hydrogen (secondary N) is 1. The lowest BCUT2D eigenvalue weighted by molar-refractivity contribution is -0.131. The number of nitrogens with zero attached hydrogens (tertiary/aromatic N) is 1. The van der Waals surface area contributed by atoms with Gasteiger partial charge >= 0.3 is 5.97 Å². The van der Waals surface area contributed by atoms with Gasteiger partial charge in [0.15, 0.2) is 9.84 Å². The lowest BCUT2D eigenvalue weighted by Gasteiger charge is -2.37. The van der Waals surface area contributed by atoms with Crippen molar-refractivity contribution in [1.82, 2.24) is 0 Å². The van der Waals surface area contributed by atoms with Crippen LogP contribution in [0.3, 0.4) is 0 Å². The number of hydrogen-bond donors (Lipinski definition) is 2. The monoisotopic (exact) mass is 616 g/mol. The molecule has 1 aliphatic heterocycles. The van der Waals surface area contributed by atoms with Gasteiger partial charge in [-0.1, -0.05) is 60.3 Å². The smallest absolute Gasteiger partial charge is 0.331 e. The fraction of sp³-hybridized carbons (Fsp3) is 0.500. The number of unbranched alkanes of at least 4 members (excludes halogenated alkanes) is 2. The summed E-state index contributed by atoms with van der Waals surface area (Å²) < 4.78 is 34.0. The predicted octanol–water partition coefficient (Wildman–Crippen LogP) is 7.66. The number of fused-ring (bicyclic) bond motifs is 1. The molecule has 2 aromatic carbocycles. The molecule has 0 radical (unpaired) electrons. The van der Waals surface area contributed by atoms with E-state index >= 15 is 0 Å².